The summed E-state index contributed by atoms with van der Waals surface area (Å²) in [5.74, 6) is 0.197. The van der Waals surface area contributed by atoms with Crippen molar-refractivity contribution in [2.75, 3.05) is 0 Å². The highest BCUT2D eigenvalue weighted by atomic mass is 79.9. The zero-order chi connectivity index (χ0) is 14.7. The van der Waals surface area contributed by atoms with Crippen LogP contribution in [0.2, 0.25) is 0 Å². The maximum Gasteiger partial charge on any atom is 0.143 e. The second-order valence-electron chi connectivity index (χ2n) is 4.68. The molecule has 0 amide bonds. The van der Waals surface area contributed by atoms with E-state index in [0.29, 0.717) is 12.8 Å². The van der Waals surface area contributed by atoms with Crippen LogP contribution in [0.4, 0.5) is 0 Å². The molecule has 0 radical (unpaired) electrons. The summed E-state index contributed by atoms with van der Waals surface area (Å²) in [6, 6.07) is 7.86. The Morgan fingerprint density at radius 1 is 1.20 bits per heavy atom. The van der Waals surface area contributed by atoms with Gasteiger partial charge in [0.1, 0.15) is 5.78 Å². The van der Waals surface area contributed by atoms with E-state index >= 15 is 0 Å². The molecule has 20 heavy (non-hydrogen) atoms. The topological polar surface area (TPSA) is 34.9 Å². The summed E-state index contributed by atoms with van der Waals surface area (Å²) >= 11 is 6.92. The number of rotatable bonds is 5. The van der Waals surface area contributed by atoms with Gasteiger partial charge in [-0.2, -0.15) is 5.10 Å². The highest BCUT2D eigenvalue weighted by molar-refractivity contribution is 9.10. The number of hydrogen-bond donors (Lipinski definition) is 0. The number of aromatic nitrogens is 2. The van der Waals surface area contributed by atoms with Crippen molar-refractivity contribution >= 4 is 37.6 Å². The maximum absolute atomic E-state index is 12.2. The zero-order valence-corrected chi connectivity index (χ0v) is 14.7. The van der Waals surface area contributed by atoms with Gasteiger partial charge < -0.3 is 0 Å². The molecule has 3 nitrogen and oxygen atoms in total. The molecule has 2 rings (SSSR count). The molecule has 2 aromatic rings. The Bertz CT molecular complexity index is 618. The first-order valence-corrected chi connectivity index (χ1v) is 8.07. The molecule has 1 aromatic carbocycles. The molecule has 0 N–H and O–H groups in total. The van der Waals surface area contributed by atoms with Gasteiger partial charge in [0, 0.05) is 23.9 Å². The molecule has 5 heteroatoms. The lowest BCUT2D eigenvalue weighted by Crippen LogP contribution is -2.12. The van der Waals surface area contributed by atoms with Crippen LogP contribution in [0.3, 0.4) is 0 Å². The Labute approximate surface area is 135 Å². The minimum atomic E-state index is 0.197. The standard InChI is InChI=1S/C15H16Br2N2O/c1-3-19-14(15(17)10(2)18-19)9-13(20)8-11-4-6-12(16)7-5-11/h4-7H,3,8-9H2,1-2H3. The Hall–Kier alpha value is -0.940. The highest BCUT2D eigenvalue weighted by Crippen LogP contribution is 2.22. The number of carbonyl (C=O) groups is 1. The fourth-order valence-corrected chi connectivity index (χ4v) is 2.81. The van der Waals surface area contributed by atoms with Crippen LogP contribution in [0.1, 0.15) is 23.9 Å². The molecule has 0 saturated heterocycles. The lowest BCUT2D eigenvalue weighted by molar-refractivity contribution is -0.117. The van der Waals surface area contributed by atoms with Crippen molar-refractivity contribution in [1.82, 2.24) is 9.78 Å². The largest absolute Gasteiger partial charge is 0.299 e. The lowest BCUT2D eigenvalue weighted by atomic mass is 10.1. The summed E-state index contributed by atoms with van der Waals surface area (Å²) in [7, 11) is 0. The molecule has 0 saturated carbocycles. The van der Waals surface area contributed by atoms with Gasteiger partial charge >= 0.3 is 0 Å². The number of hydrogen-bond acceptors (Lipinski definition) is 2. The van der Waals surface area contributed by atoms with E-state index in [-0.39, 0.29) is 5.78 Å². The quantitative estimate of drug-likeness (QED) is 0.758. The van der Waals surface area contributed by atoms with Crippen LogP contribution >= 0.6 is 31.9 Å². The van der Waals surface area contributed by atoms with Crippen LogP contribution in [-0.4, -0.2) is 15.6 Å². The van der Waals surface area contributed by atoms with Crippen molar-refractivity contribution in [1.29, 1.82) is 0 Å². The molecule has 0 fully saturated rings. The lowest BCUT2D eigenvalue weighted by Gasteiger charge is -2.05. The summed E-state index contributed by atoms with van der Waals surface area (Å²) < 4.78 is 3.86. The van der Waals surface area contributed by atoms with Crippen molar-refractivity contribution in [3.63, 3.8) is 0 Å². The number of benzene rings is 1. The predicted octanol–water partition coefficient (Wildman–Crippen LogP) is 4.09. The minimum Gasteiger partial charge on any atom is -0.299 e. The van der Waals surface area contributed by atoms with Gasteiger partial charge in [-0.25, -0.2) is 0 Å². The predicted molar refractivity (Wildman–Crippen MR) is 86.9 cm³/mol. The molecular weight excluding hydrogens is 384 g/mol. The first-order chi connectivity index (χ1) is 9.51. The molecule has 1 aromatic heterocycles. The zero-order valence-electron chi connectivity index (χ0n) is 11.5. The summed E-state index contributed by atoms with van der Waals surface area (Å²) in [4.78, 5) is 12.2. The fraction of sp³-hybridized carbons (Fsp3) is 0.333. The van der Waals surface area contributed by atoms with Crippen LogP contribution in [0, 0.1) is 6.92 Å². The molecule has 1 heterocycles. The summed E-state index contributed by atoms with van der Waals surface area (Å²) in [6.07, 6.45) is 0.860. The first-order valence-electron chi connectivity index (χ1n) is 6.49. The third kappa shape index (κ3) is 3.58. The number of carbonyl (C=O) groups excluding carboxylic acids is 1. The van der Waals surface area contributed by atoms with Crippen molar-refractivity contribution < 1.29 is 4.79 Å². The minimum absolute atomic E-state index is 0.197. The fourth-order valence-electron chi connectivity index (χ4n) is 2.12. The van der Waals surface area contributed by atoms with E-state index < -0.39 is 0 Å². The average molecular weight is 400 g/mol. The van der Waals surface area contributed by atoms with E-state index in [2.05, 4.69) is 37.0 Å². The van der Waals surface area contributed by atoms with Gasteiger partial charge in [-0.15, -0.1) is 0 Å². The number of aryl methyl sites for hydroxylation is 2. The second kappa shape index (κ2) is 6.68. The van der Waals surface area contributed by atoms with E-state index in [9.17, 15) is 4.79 Å². The van der Waals surface area contributed by atoms with Crippen molar-refractivity contribution in [2.24, 2.45) is 0 Å². The molecule has 0 aliphatic heterocycles. The van der Waals surface area contributed by atoms with Gasteiger partial charge in [0.25, 0.3) is 0 Å². The highest BCUT2D eigenvalue weighted by Gasteiger charge is 2.15. The van der Waals surface area contributed by atoms with Crippen molar-refractivity contribution in [2.45, 2.75) is 33.2 Å². The molecule has 0 atom stereocenters. The maximum atomic E-state index is 12.2. The normalized spacial score (nSPS) is 10.8. The van der Waals surface area contributed by atoms with Gasteiger partial charge in [0.15, 0.2) is 0 Å². The monoisotopic (exact) mass is 398 g/mol. The van der Waals surface area contributed by atoms with Gasteiger partial charge in [0.05, 0.1) is 15.9 Å². The van der Waals surface area contributed by atoms with Crippen LogP contribution in [0.15, 0.2) is 33.2 Å². The molecule has 0 aliphatic carbocycles. The molecule has 0 unspecified atom stereocenters. The number of nitrogens with zero attached hydrogens (tertiary/aromatic N) is 2. The van der Waals surface area contributed by atoms with Gasteiger partial charge in [-0.05, 0) is 47.5 Å². The van der Waals surface area contributed by atoms with Crippen LogP contribution < -0.4 is 0 Å². The van der Waals surface area contributed by atoms with Crippen molar-refractivity contribution in [3.05, 3.63) is 50.2 Å². The molecule has 0 bridgehead atoms. The Morgan fingerprint density at radius 3 is 2.45 bits per heavy atom. The van der Waals surface area contributed by atoms with Crippen LogP contribution in [0.5, 0.6) is 0 Å². The van der Waals surface area contributed by atoms with E-state index in [1.54, 1.807) is 0 Å². The Balaban J connectivity index is 2.10. The molecule has 0 aliphatic rings. The van der Waals surface area contributed by atoms with Gasteiger partial charge in [-0.1, -0.05) is 28.1 Å². The van der Waals surface area contributed by atoms with Gasteiger partial charge in [-0.3, -0.25) is 9.48 Å². The Kier molecular flexibility index (Phi) is 5.16. The first kappa shape index (κ1) is 15.4. The average Bonchev–Trinajstić information content (AvgIpc) is 2.69. The SMILES string of the molecule is CCn1nc(C)c(Br)c1CC(=O)Cc1ccc(Br)cc1. The van der Waals surface area contributed by atoms with Crippen LogP contribution in [0.25, 0.3) is 0 Å². The summed E-state index contributed by atoms with van der Waals surface area (Å²) in [6.45, 7) is 4.74. The smallest absolute Gasteiger partial charge is 0.143 e. The van der Waals surface area contributed by atoms with E-state index in [1.165, 1.54) is 0 Å². The van der Waals surface area contributed by atoms with E-state index in [4.69, 9.17) is 0 Å². The third-order valence-corrected chi connectivity index (χ3v) is 4.69. The Morgan fingerprint density at radius 2 is 1.85 bits per heavy atom. The number of halogens is 2. The van der Waals surface area contributed by atoms with Crippen LogP contribution in [-0.2, 0) is 24.2 Å². The van der Waals surface area contributed by atoms with Crippen molar-refractivity contribution in [3.8, 4) is 0 Å². The van der Waals surface area contributed by atoms with Gasteiger partial charge in [0.2, 0.25) is 0 Å². The summed E-state index contributed by atoms with van der Waals surface area (Å²) in [5.41, 5.74) is 2.93. The van der Waals surface area contributed by atoms with E-state index in [1.807, 2.05) is 42.8 Å². The van der Waals surface area contributed by atoms with E-state index in [0.717, 1.165) is 32.4 Å². The molecular formula is C15H16Br2N2O. The third-order valence-electron chi connectivity index (χ3n) is 3.13. The second-order valence-corrected chi connectivity index (χ2v) is 6.39. The summed E-state index contributed by atoms with van der Waals surface area (Å²) in [5, 5.41) is 4.41. The molecule has 106 valence electrons. The molecule has 0 spiro atoms. The number of Topliss-reactive ketones (excluding diaryl/α,β-unsaturated/α-hetero) is 1. The number of ketones is 1.